The smallest absolute Gasteiger partial charge is 0.320 e. The van der Waals surface area contributed by atoms with E-state index in [4.69, 9.17) is 14.6 Å². The molecule has 36 heavy (non-hydrogen) atoms. The number of ether oxygens (including phenoxy) is 2. The molecule has 1 atom stereocenters. The summed E-state index contributed by atoms with van der Waals surface area (Å²) in [6.45, 7) is 6.90. The Morgan fingerprint density at radius 2 is 1.92 bits per heavy atom. The van der Waals surface area contributed by atoms with Gasteiger partial charge in [0.1, 0.15) is 5.82 Å². The molecule has 1 aliphatic rings. The zero-order valence-corrected chi connectivity index (χ0v) is 20.8. The van der Waals surface area contributed by atoms with E-state index in [-0.39, 0.29) is 6.01 Å². The van der Waals surface area contributed by atoms with Crippen LogP contribution in [0.1, 0.15) is 29.8 Å². The van der Waals surface area contributed by atoms with E-state index >= 15 is 0 Å². The SMILES string of the molecule is Cc1cccc(-c2cc([C@@H](C)O)n(-c3cc(N4CCOCC4)nc(OCCc4cnn(C)c4)n3)n2)c1. The molecule has 1 N–H and O–H groups in total. The van der Waals surface area contributed by atoms with Gasteiger partial charge in [-0.05, 0) is 31.5 Å². The molecule has 188 valence electrons. The molecule has 1 saturated heterocycles. The van der Waals surface area contributed by atoms with Crippen LogP contribution in [0, 0.1) is 6.92 Å². The molecule has 1 aromatic carbocycles. The number of nitrogens with zero attached hydrogens (tertiary/aromatic N) is 7. The number of hydrogen-bond acceptors (Lipinski definition) is 8. The van der Waals surface area contributed by atoms with Crippen LogP contribution in [0.4, 0.5) is 5.82 Å². The van der Waals surface area contributed by atoms with Crippen molar-refractivity contribution in [3.05, 3.63) is 65.6 Å². The van der Waals surface area contributed by atoms with E-state index in [2.05, 4.69) is 26.0 Å². The summed E-state index contributed by atoms with van der Waals surface area (Å²) in [5, 5.41) is 19.6. The maximum absolute atomic E-state index is 10.6. The van der Waals surface area contributed by atoms with Gasteiger partial charge in [0.15, 0.2) is 5.82 Å². The first-order valence-corrected chi connectivity index (χ1v) is 12.1. The lowest BCUT2D eigenvalue weighted by Gasteiger charge is -2.28. The highest BCUT2D eigenvalue weighted by atomic mass is 16.5. The molecule has 4 heterocycles. The standard InChI is InChI=1S/C26H31N7O3/c1-18-5-4-6-21(13-18)22-14-23(19(2)34)33(30-22)25-15-24(32-8-11-35-12-9-32)28-26(29-25)36-10-7-20-16-27-31(3)17-20/h4-6,13-17,19,34H,7-12H2,1-3H3/t19-/m1/s1. The van der Waals surface area contributed by atoms with Gasteiger partial charge in [0.25, 0.3) is 0 Å². The quantitative estimate of drug-likeness (QED) is 0.403. The summed E-state index contributed by atoms with van der Waals surface area (Å²) in [7, 11) is 1.89. The van der Waals surface area contributed by atoms with Crippen molar-refractivity contribution in [2.24, 2.45) is 7.05 Å². The van der Waals surface area contributed by atoms with Crippen molar-refractivity contribution in [3.8, 4) is 23.1 Å². The summed E-state index contributed by atoms with van der Waals surface area (Å²) in [4.78, 5) is 11.5. The van der Waals surface area contributed by atoms with Crippen LogP contribution >= 0.6 is 0 Å². The molecule has 0 spiro atoms. The molecule has 0 saturated carbocycles. The minimum atomic E-state index is -0.743. The van der Waals surface area contributed by atoms with E-state index in [1.807, 2.05) is 56.7 Å². The number of morpholine rings is 1. The molecule has 0 bridgehead atoms. The molecule has 4 aromatic rings. The fourth-order valence-electron chi connectivity index (χ4n) is 4.21. The Labute approximate surface area is 210 Å². The maximum Gasteiger partial charge on any atom is 0.320 e. The Kier molecular flexibility index (Phi) is 6.97. The monoisotopic (exact) mass is 489 g/mol. The molecule has 1 fully saturated rings. The second-order valence-electron chi connectivity index (χ2n) is 9.00. The summed E-state index contributed by atoms with van der Waals surface area (Å²) in [6, 6.07) is 12.2. The first kappa shape index (κ1) is 24.0. The number of aromatic nitrogens is 6. The van der Waals surface area contributed by atoms with Crippen molar-refractivity contribution >= 4 is 5.82 Å². The normalized spacial score (nSPS) is 14.7. The van der Waals surface area contributed by atoms with Crippen molar-refractivity contribution in [3.63, 3.8) is 0 Å². The van der Waals surface area contributed by atoms with Gasteiger partial charge < -0.3 is 19.5 Å². The summed E-state index contributed by atoms with van der Waals surface area (Å²) in [6.07, 6.45) is 3.73. The maximum atomic E-state index is 10.6. The zero-order valence-electron chi connectivity index (χ0n) is 20.8. The number of aliphatic hydroxyl groups is 1. The van der Waals surface area contributed by atoms with Crippen LogP contribution in [0.5, 0.6) is 6.01 Å². The Bertz CT molecular complexity index is 1320. The first-order valence-electron chi connectivity index (χ1n) is 12.1. The molecule has 0 amide bonds. The van der Waals surface area contributed by atoms with Crippen LogP contribution in [0.3, 0.4) is 0 Å². The van der Waals surface area contributed by atoms with Gasteiger partial charge in [-0.25, -0.2) is 4.68 Å². The van der Waals surface area contributed by atoms with Gasteiger partial charge in [-0.1, -0.05) is 23.8 Å². The van der Waals surface area contributed by atoms with E-state index in [0.717, 1.165) is 41.3 Å². The predicted octanol–water partition coefficient (Wildman–Crippen LogP) is 2.88. The Balaban J connectivity index is 1.50. The average Bonchev–Trinajstić information content (AvgIpc) is 3.51. The Hall–Kier alpha value is -3.76. The van der Waals surface area contributed by atoms with E-state index in [0.29, 0.717) is 37.8 Å². The molecular weight excluding hydrogens is 458 g/mol. The van der Waals surface area contributed by atoms with Crippen LogP contribution in [0.2, 0.25) is 0 Å². The number of aryl methyl sites for hydroxylation is 2. The van der Waals surface area contributed by atoms with Crippen LogP contribution in [0.25, 0.3) is 17.1 Å². The lowest BCUT2D eigenvalue weighted by molar-refractivity contribution is 0.122. The zero-order chi connectivity index (χ0) is 25.1. The number of aliphatic hydroxyl groups excluding tert-OH is 1. The van der Waals surface area contributed by atoms with E-state index in [1.165, 1.54) is 0 Å². The van der Waals surface area contributed by atoms with Gasteiger partial charge in [-0.15, -0.1) is 0 Å². The topological polar surface area (TPSA) is 103 Å². The summed E-state index contributed by atoms with van der Waals surface area (Å²) in [5.41, 5.74) is 4.60. The van der Waals surface area contributed by atoms with Crippen LogP contribution in [-0.2, 0) is 18.2 Å². The molecule has 5 rings (SSSR count). The van der Waals surface area contributed by atoms with Crippen LogP contribution < -0.4 is 9.64 Å². The van der Waals surface area contributed by atoms with Crippen molar-refractivity contribution in [1.29, 1.82) is 0 Å². The van der Waals surface area contributed by atoms with Gasteiger partial charge >= 0.3 is 6.01 Å². The van der Waals surface area contributed by atoms with E-state index in [9.17, 15) is 5.11 Å². The second kappa shape index (κ2) is 10.5. The summed E-state index contributed by atoms with van der Waals surface area (Å²) in [5.74, 6) is 1.28. The summed E-state index contributed by atoms with van der Waals surface area (Å²) >= 11 is 0. The Morgan fingerprint density at radius 1 is 1.11 bits per heavy atom. The predicted molar refractivity (Wildman–Crippen MR) is 135 cm³/mol. The third-order valence-corrected chi connectivity index (χ3v) is 6.09. The fraction of sp³-hybridized carbons (Fsp3) is 0.385. The number of benzene rings is 1. The second-order valence-corrected chi connectivity index (χ2v) is 9.00. The number of anilines is 1. The number of rotatable bonds is 8. The lowest BCUT2D eigenvalue weighted by Crippen LogP contribution is -2.37. The van der Waals surface area contributed by atoms with E-state index in [1.54, 1.807) is 16.3 Å². The van der Waals surface area contributed by atoms with Crippen molar-refractivity contribution < 1.29 is 14.6 Å². The minimum Gasteiger partial charge on any atom is -0.463 e. The molecule has 3 aromatic heterocycles. The molecule has 0 aliphatic carbocycles. The number of hydrogen-bond donors (Lipinski definition) is 1. The Morgan fingerprint density at radius 3 is 2.64 bits per heavy atom. The van der Waals surface area contributed by atoms with Gasteiger partial charge in [0, 0.05) is 44.4 Å². The third-order valence-electron chi connectivity index (χ3n) is 6.09. The van der Waals surface area contributed by atoms with Crippen molar-refractivity contribution in [2.75, 3.05) is 37.8 Å². The third kappa shape index (κ3) is 5.39. The molecule has 1 aliphatic heterocycles. The van der Waals surface area contributed by atoms with Gasteiger partial charge in [0.2, 0.25) is 0 Å². The summed E-state index contributed by atoms with van der Waals surface area (Å²) < 4.78 is 15.0. The van der Waals surface area contributed by atoms with Crippen molar-refractivity contribution in [2.45, 2.75) is 26.4 Å². The minimum absolute atomic E-state index is 0.266. The van der Waals surface area contributed by atoms with Crippen molar-refractivity contribution in [1.82, 2.24) is 29.5 Å². The van der Waals surface area contributed by atoms with E-state index < -0.39 is 6.10 Å². The van der Waals surface area contributed by atoms with Crippen LogP contribution in [0.15, 0.2) is 48.8 Å². The van der Waals surface area contributed by atoms with Crippen LogP contribution in [-0.4, -0.2) is 67.5 Å². The molecular formula is C26H31N7O3. The van der Waals surface area contributed by atoms with Gasteiger partial charge in [-0.2, -0.15) is 20.2 Å². The molecule has 10 heteroatoms. The van der Waals surface area contributed by atoms with Gasteiger partial charge in [0.05, 0.1) is 43.5 Å². The highest BCUT2D eigenvalue weighted by molar-refractivity contribution is 5.61. The lowest BCUT2D eigenvalue weighted by atomic mass is 10.1. The molecule has 0 unspecified atom stereocenters. The molecule has 0 radical (unpaired) electrons. The highest BCUT2D eigenvalue weighted by Crippen LogP contribution is 2.27. The highest BCUT2D eigenvalue weighted by Gasteiger charge is 2.21. The average molecular weight is 490 g/mol. The molecule has 10 nitrogen and oxygen atoms in total. The van der Waals surface area contributed by atoms with Gasteiger partial charge in [-0.3, -0.25) is 4.68 Å². The fourth-order valence-corrected chi connectivity index (χ4v) is 4.21. The first-order chi connectivity index (χ1) is 17.5. The largest absolute Gasteiger partial charge is 0.463 e.